The number of hydrogen-bond donors (Lipinski definition) is 3. The van der Waals surface area contributed by atoms with Gasteiger partial charge >= 0.3 is 0 Å². The second kappa shape index (κ2) is 4.83. The van der Waals surface area contributed by atoms with E-state index in [9.17, 15) is 10.2 Å². The number of nitrogens with one attached hydrogen (secondary N) is 1. The van der Waals surface area contributed by atoms with Crippen molar-refractivity contribution in [3.63, 3.8) is 0 Å². The smallest absolute Gasteiger partial charge is 0.160 e. The van der Waals surface area contributed by atoms with Crippen molar-refractivity contribution in [2.75, 3.05) is 20.7 Å². The molecule has 1 aromatic rings. The molecule has 0 spiro atoms. The number of rotatable bonds is 4. The lowest BCUT2D eigenvalue weighted by atomic mass is 10.1. The lowest BCUT2D eigenvalue weighted by Gasteiger charge is -2.12. The van der Waals surface area contributed by atoms with Crippen molar-refractivity contribution in [2.45, 2.75) is 6.08 Å². The van der Waals surface area contributed by atoms with Gasteiger partial charge in [-0.2, -0.15) is 0 Å². The molecule has 1 rings (SSSR count). The standard InChI is InChI=1S/C10H15NO3/c1-11-6-9(13)7-3-4-8(12)10(5-7)14-2/h3-5,9,11-13H,6H2,1-2H3/i6D2,9D. The van der Waals surface area contributed by atoms with E-state index in [1.165, 1.54) is 32.4 Å². The fourth-order valence-corrected chi connectivity index (χ4v) is 1.02. The van der Waals surface area contributed by atoms with E-state index in [1.807, 2.05) is 0 Å². The van der Waals surface area contributed by atoms with Crippen LogP contribution in [0.5, 0.6) is 11.5 Å². The van der Waals surface area contributed by atoms with Gasteiger partial charge in [0, 0.05) is 9.24 Å². The van der Waals surface area contributed by atoms with Gasteiger partial charge in [-0.1, -0.05) is 6.07 Å². The second-order valence-corrected chi connectivity index (χ2v) is 2.61. The van der Waals surface area contributed by atoms with Crippen LogP contribution >= 0.6 is 0 Å². The Labute approximate surface area is 87.4 Å². The number of ether oxygens (including phenoxy) is 1. The summed E-state index contributed by atoms with van der Waals surface area (Å²) >= 11 is 0. The fourth-order valence-electron chi connectivity index (χ4n) is 1.02. The summed E-state index contributed by atoms with van der Waals surface area (Å²) in [6.45, 7) is -2.34. The summed E-state index contributed by atoms with van der Waals surface area (Å²) in [6.07, 6.45) is -2.50. The molecule has 0 aliphatic rings. The van der Waals surface area contributed by atoms with Crippen molar-refractivity contribution in [2.24, 2.45) is 0 Å². The Kier molecular flexibility index (Phi) is 2.45. The number of phenolic OH excluding ortho intramolecular Hbond substituents is 1. The predicted molar refractivity (Wildman–Crippen MR) is 53.5 cm³/mol. The zero-order valence-electron chi connectivity index (χ0n) is 11.0. The molecule has 1 atom stereocenters. The molecule has 0 bridgehead atoms. The van der Waals surface area contributed by atoms with Crippen LogP contribution in [0.1, 0.15) is 15.8 Å². The molecule has 0 heterocycles. The zero-order chi connectivity index (χ0) is 13.3. The predicted octanol–water partition coefficient (Wildman–Crippen LogP) is 0.654. The van der Waals surface area contributed by atoms with Gasteiger partial charge < -0.3 is 20.3 Å². The van der Waals surface area contributed by atoms with Crippen molar-refractivity contribution in [3.05, 3.63) is 23.8 Å². The van der Waals surface area contributed by atoms with E-state index in [-0.39, 0.29) is 17.1 Å². The van der Waals surface area contributed by atoms with Gasteiger partial charge in [0.05, 0.1) is 14.6 Å². The normalized spacial score (nSPS) is 18.9. The van der Waals surface area contributed by atoms with Crippen LogP contribution in [0.2, 0.25) is 0 Å². The highest BCUT2D eigenvalue weighted by molar-refractivity contribution is 5.42. The Balaban J connectivity index is 3.24. The molecule has 4 nitrogen and oxygen atoms in total. The van der Waals surface area contributed by atoms with Crippen LogP contribution in [0.3, 0.4) is 0 Å². The first-order chi connectivity index (χ1) is 7.76. The van der Waals surface area contributed by atoms with Gasteiger partial charge in [-0.15, -0.1) is 0 Å². The largest absolute Gasteiger partial charge is 0.504 e. The molecule has 3 N–H and O–H groups in total. The maximum atomic E-state index is 9.92. The molecule has 78 valence electrons. The van der Waals surface area contributed by atoms with Crippen LogP contribution in [0.25, 0.3) is 0 Å². The third-order valence-electron chi connectivity index (χ3n) is 1.70. The molecular formula is C10H15NO3. The number of phenols is 1. The van der Waals surface area contributed by atoms with Crippen LogP contribution in [0.15, 0.2) is 18.2 Å². The Hall–Kier alpha value is -1.26. The van der Waals surface area contributed by atoms with Crippen molar-refractivity contribution in [1.82, 2.24) is 5.32 Å². The highest BCUT2D eigenvalue weighted by Crippen LogP contribution is 2.28. The van der Waals surface area contributed by atoms with Crippen molar-refractivity contribution >= 4 is 0 Å². The van der Waals surface area contributed by atoms with Gasteiger partial charge in [0.2, 0.25) is 0 Å². The number of benzene rings is 1. The summed E-state index contributed by atoms with van der Waals surface area (Å²) in [7, 11) is 2.63. The van der Waals surface area contributed by atoms with E-state index in [2.05, 4.69) is 5.32 Å². The fraction of sp³-hybridized carbons (Fsp3) is 0.400. The third-order valence-corrected chi connectivity index (χ3v) is 1.70. The molecule has 0 saturated heterocycles. The molecule has 1 aromatic carbocycles. The average molecular weight is 200 g/mol. The van der Waals surface area contributed by atoms with Gasteiger partial charge in [0.1, 0.15) is 0 Å². The van der Waals surface area contributed by atoms with Crippen LogP contribution in [-0.4, -0.2) is 30.9 Å². The molecule has 1 unspecified atom stereocenters. The zero-order valence-corrected chi connectivity index (χ0v) is 8.03. The van der Waals surface area contributed by atoms with E-state index < -0.39 is 12.6 Å². The minimum absolute atomic E-state index is 0.0218. The minimum Gasteiger partial charge on any atom is -0.504 e. The van der Waals surface area contributed by atoms with Crippen molar-refractivity contribution in [1.29, 1.82) is 0 Å². The monoisotopic (exact) mass is 200 g/mol. The van der Waals surface area contributed by atoms with Gasteiger partial charge in [-0.3, -0.25) is 0 Å². The number of aliphatic hydroxyl groups is 1. The first kappa shape index (κ1) is 7.09. The van der Waals surface area contributed by atoms with E-state index in [4.69, 9.17) is 8.85 Å². The molecule has 0 saturated carbocycles. The molecule has 0 radical (unpaired) electrons. The third kappa shape index (κ3) is 2.37. The maximum Gasteiger partial charge on any atom is 0.160 e. The summed E-state index contributed by atoms with van der Waals surface area (Å²) in [4.78, 5) is 0. The van der Waals surface area contributed by atoms with Gasteiger partial charge in [0.15, 0.2) is 11.5 Å². The first-order valence-corrected chi connectivity index (χ1v) is 4.05. The van der Waals surface area contributed by atoms with Gasteiger partial charge in [-0.05, 0) is 24.7 Å². The second-order valence-electron chi connectivity index (χ2n) is 2.61. The van der Waals surface area contributed by atoms with Crippen LogP contribution in [-0.2, 0) is 0 Å². The molecule has 0 aliphatic carbocycles. The molecule has 0 fully saturated rings. The molecule has 0 aromatic heterocycles. The summed E-state index contributed by atoms with van der Waals surface area (Å²) in [5.74, 6) is -0.0721. The van der Waals surface area contributed by atoms with Crippen molar-refractivity contribution < 1.29 is 19.1 Å². The molecule has 0 aliphatic heterocycles. The topological polar surface area (TPSA) is 61.7 Å². The lowest BCUT2D eigenvalue weighted by molar-refractivity contribution is 0.177. The van der Waals surface area contributed by atoms with E-state index >= 15 is 0 Å². The Bertz CT molecular complexity index is 410. The van der Waals surface area contributed by atoms with Gasteiger partial charge in [0.25, 0.3) is 0 Å². The Morgan fingerprint density at radius 2 is 2.43 bits per heavy atom. The first-order valence-electron chi connectivity index (χ1n) is 5.55. The summed E-state index contributed by atoms with van der Waals surface area (Å²) in [6, 6.07) is 3.72. The van der Waals surface area contributed by atoms with Gasteiger partial charge in [-0.25, -0.2) is 0 Å². The number of methoxy groups -OCH3 is 1. The van der Waals surface area contributed by atoms with Crippen LogP contribution in [0.4, 0.5) is 0 Å². The minimum atomic E-state index is -2.50. The summed E-state index contributed by atoms with van der Waals surface area (Å²) < 4.78 is 27.6. The number of likely N-dealkylation sites (N-methyl/N-ethyl adjacent to an activating group) is 1. The molecule has 4 heteroatoms. The van der Waals surface area contributed by atoms with Crippen LogP contribution < -0.4 is 10.1 Å². The summed E-state index contributed by atoms with van der Waals surface area (Å²) in [5.41, 5.74) is -0.0218. The highest BCUT2D eigenvalue weighted by atomic mass is 16.5. The Morgan fingerprint density at radius 1 is 1.71 bits per heavy atom. The quantitative estimate of drug-likeness (QED) is 0.668. The molecular weight excluding hydrogens is 182 g/mol. The maximum absolute atomic E-state index is 9.92. The van der Waals surface area contributed by atoms with Crippen molar-refractivity contribution in [3.8, 4) is 11.5 Å². The number of aromatic hydroxyl groups is 1. The van der Waals surface area contributed by atoms with Crippen LogP contribution in [0, 0.1) is 0 Å². The lowest BCUT2D eigenvalue weighted by Crippen LogP contribution is -2.16. The molecule has 0 amide bonds. The Morgan fingerprint density at radius 3 is 3.00 bits per heavy atom. The number of hydrogen-bond acceptors (Lipinski definition) is 4. The van der Waals surface area contributed by atoms with E-state index in [0.29, 0.717) is 0 Å². The highest BCUT2D eigenvalue weighted by Gasteiger charge is 2.09. The average Bonchev–Trinajstić information content (AvgIpc) is 2.29. The SMILES string of the molecule is [2H]C([2H])(NC)C([2H])(O)c1ccc(O)c(OC)c1. The molecule has 14 heavy (non-hydrogen) atoms. The summed E-state index contributed by atoms with van der Waals surface area (Å²) in [5, 5.41) is 21.5. The van der Waals surface area contributed by atoms with E-state index in [1.54, 1.807) is 0 Å². The van der Waals surface area contributed by atoms with E-state index in [0.717, 1.165) is 0 Å².